The van der Waals surface area contributed by atoms with Gasteiger partial charge in [-0.3, -0.25) is 0 Å². The number of aryl methyl sites for hydroxylation is 2. The van der Waals surface area contributed by atoms with Crippen LogP contribution < -0.4 is 4.74 Å². The van der Waals surface area contributed by atoms with Gasteiger partial charge in [0, 0.05) is 5.75 Å². The summed E-state index contributed by atoms with van der Waals surface area (Å²) in [4.78, 5) is 0. The van der Waals surface area contributed by atoms with Gasteiger partial charge in [-0.05, 0) is 6.92 Å². The van der Waals surface area contributed by atoms with E-state index in [9.17, 15) is 0 Å². The summed E-state index contributed by atoms with van der Waals surface area (Å²) in [5, 5.41) is 0. The maximum atomic E-state index is 5.45. The molecule has 0 N–H and O–H groups in total. The molecule has 0 aliphatic carbocycles. The maximum absolute atomic E-state index is 5.45. The zero-order valence-electron chi connectivity index (χ0n) is 8.36. The number of ether oxygens (including phenoxy) is 1. The second-order valence-electron chi connectivity index (χ2n) is 2.58. The van der Waals surface area contributed by atoms with Crippen LogP contribution in [0.5, 0.6) is 5.75 Å². The number of hydrogen-bond acceptors (Lipinski definition) is 1. The van der Waals surface area contributed by atoms with E-state index in [1.54, 1.807) is 0 Å². The van der Waals surface area contributed by atoms with E-state index >= 15 is 0 Å². The van der Waals surface area contributed by atoms with Crippen LogP contribution in [0.2, 0.25) is 0 Å². The first-order chi connectivity index (χ1) is 6.25. The first-order valence-corrected chi connectivity index (χ1v) is 11.1. The molecule has 0 unspecified atom stereocenters. The number of hydrogen-bond donors (Lipinski definition) is 0. The summed E-state index contributed by atoms with van der Waals surface area (Å²) in [6, 6.07) is 6.93. The Morgan fingerprint density at radius 3 is 2.15 bits per heavy atom. The predicted octanol–water partition coefficient (Wildman–Crippen LogP) is 3.35. The molecule has 0 radical (unpaired) electrons. The summed E-state index contributed by atoms with van der Waals surface area (Å²) in [5.74, 6) is 1.01. The Hall–Kier alpha value is 0.123. The van der Waals surface area contributed by atoms with Gasteiger partial charge in [0.25, 0.3) is 0 Å². The van der Waals surface area contributed by atoms with Crippen LogP contribution in [-0.2, 0) is 16.3 Å². The van der Waals surface area contributed by atoms with Crippen molar-refractivity contribution in [3.05, 3.63) is 29.3 Å². The first-order valence-electron chi connectivity index (χ1n) is 4.12. The average Bonchev–Trinajstić information content (AvgIpc) is 2.15. The van der Waals surface area contributed by atoms with E-state index in [1.807, 2.05) is 32.9 Å². The molecule has 1 nitrogen and oxygen atoms in total. The molecule has 1 aromatic carbocycles. The van der Waals surface area contributed by atoms with Gasteiger partial charge in [-0.25, -0.2) is 0 Å². The Balaban J connectivity index is 0.000000671. The molecule has 68 valence electrons. The minimum atomic E-state index is 0.728. The molecule has 13 heavy (non-hydrogen) atoms. The summed E-state index contributed by atoms with van der Waals surface area (Å²) < 4.78 is 5.45. The Bertz CT molecular complexity index is 230. The Morgan fingerprint density at radius 2 is 1.77 bits per heavy atom. The fraction of sp³-hybridized carbons (Fsp3) is 0.400. The van der Waals surface area contributed by atoms with Crippen molar-refractivity contribution < 1.29 is 21.1 Å². The second kappa shape index (κ2) is 7.52. The SMILES string of the molecule is CCOc1c(C)c[c-]cc1C.[Zn+][Br]. The van der Waals surface area contributed by atoms with Crippen LogP contribution in [0.25, 0.3) is 0 Å². The van der Waals surface area contributed by atoms with E-state index in [4.69, 9.17) is 4.74 Å². The molecular formula is C10H13BrOZn. The van der Waals surface area contributed by atoms with E-state index in [2.05, 4.69) is 19.7 Å². The summed E-state index contributed by atoms with van der Waals surface area (Å²) in [6.07, 6.45) is 0. The van der Waals surface area contributed by atoms with Gasteiger partial charge < -0.3 is 4.74 Å². The molecule has 0 saturated carbocycles. The van der Waals surface area contributed by atoms with Crippen LogP contribution in [0.3, 0.4) is 0 Å². The third-order valence-electron chi connectivity index (χ3n) is 1.60. The molecule has 0 fully saturated rings. The van der Waals surface area contributed by atoms with Crippen LogP contribution in [0, 0.1) is 19.9 Å². The molecule has 0 spiro atoms. The summed E-state index contributed by atoms with van der Waals surface area (Å²) in [5.41, 5.74) is 2.32. The molecule has 1 rings (SSSR count). The molecule has 0 heterocycles. The Kier molecular flexibility index (Phi) is 7.59. The van der Waals surface area contributed by atoms with Crippen LogP contribution in [-0.4, -0.2) is 6.61 Å². The van der Waals surface area contributed by atoms with Gasteiger partial charge in [0.1, 0.15) is 0 Å². The number of halogens is 1. The van der Waals surface area contributed by atoms with E-state index in [0.29, 0.717) is 0 Å². The van der Waals surface area contributed by atoms with Gasteiger partial charge in [-0.1, -0.05) is 13.8 Å². The summed E-state index contributed by atoms with van der Waals surface area (Å²) in [6.45, 7) is 6.80. The molecule has 0 aliphatic heterocycles. The molecule has 0 amide bonds. The average molecular weight is 295 g/mol. The monoisotopic (exact) mass is 292 g/mol. The third kappa shape index (κ3) is 4.24. The van der Waals surface area contributed by atoms with Gasteiger partial charge in [0.15, 0.2) is 0 Å². The van der Waals surface area contributed by atoms with Crippen LogP contribution in [0.1, 0.15) is 18.1 Å². The van der Waals surface area contributed by atoms with Crippen LogP contribution in [0.15, 0.2) is 12.1 Å². The predicted molar refractivity (Wildman–Crippen MR) is 54.8 cm³/mol. The van der Waals surface area contributed by atoms with E-state index in [0.717, 1.165) is 23.5 Å². The molecule has 0 saturated heterocycles. The molecule has 0 aliphatic rings. The summed E-state index contributed by atoms with van der Waals surface area (Å²) in [7, 11) is 0. The van der Waals surface area contributed by atoms with Crippen molar-refractivity contribution in [2.75, 3.05) is 6.61 Å². The van der Waals surface area contributed by atoms with Crippen molar-refractivity contribution >= 4 is 13.6 Å². The number of benzene rings is 1. The van der Waals surface area contributed by atoms with Crippen LogP contribution >= 0.6 is 13.6 Å². The second-order valence-corrected chi connectivity index (χ2v) is 2.58. The van der Waals surface area contributed by atoms with Crippen molar-refractivity contribution in [1.82, 2.24) is 0 Å². The van der Waals surface area contributed by atoms with Crippen molar-refractivity contribution in [1.29, 1.82) is 0 Å². The van der Waals surface area contributed by atoms with Gasteiger partial charge in [0.2, 0.25) is 0 Å². The molecule has 3 heteroatoms. The van der Waals surface area contributed by atoms with Gasteiger partial charge in [0.05, 0.1) is 6.61 Å². The fourth-order valence-electron chi connectivity index (χ4n) is 1.11. The van der Waals surface area contributed by atoms with E-state index in [1.165, 1.54) is 16.3 Å². The third-order valence-corrected chi connectivity index (χ3v) is 1.60. The van der Waals surface area contributed by atoms with Crippen molar-refractivity contribution in [3.63, 3.8) is 0 Å². The van der Waals surface area contributed by atoms with E-state index in [-0.39, 0.29) is 0 Å². The van der Waals surface area contributed by atoms with Crippen molar-refractivity contribution in [2.45, 2.75) is 20.8 Å². The molecule has 0 atom stereocenters. The van der Waals surface area contributed by atoms with Gasteiger partial charge >= 0.3 is 30.0 Å². The fourth-order valence-corrected chi connectivity index (χ4v) is 1.11. The summed E-state index contributed by atoms with van der Waals surface area (Å²) >= 11 is 4.25. The zero-order chi connectivity index (χ0) is 10.3. The quantitative estimate of drug-likeness (QED) is 0.600. The normalized spacial score (nSPS) is 8.77. The molecule has 0 bridgehead atoms. The Morgan fingerprint density at radius 1 is 1.31 bits per heavy atom. The zero-order valence-corrected chi connectivity index (χ0v) is 12.9. The van der Waals surface area contributed by atoms with Gasteiger partial charge in [-0.15, -0.1) is 11.1 Å². The molecule has 1 aromatic rings. The van der Waals surface area contributed by atoms with Crippen molar-refractivity contribution in [3.8, 4) is 5.75 Å². The Labute approximate surface area is 96.9 Å². The minimum absolute atomic E-state index is 0.728. The van der Waals surface area contributed by atoms with Crippen LogP contribution in [0.4, 0.5) is 0 Å². The standard InChI is InChI=1S/C10H13O.BrH.Zn/c1-4-11-10-8(2)6-5-7-9(10)3;;/h6-7H,4H2,1-3H3;1H;/q-1;;+2/p-1. The molecule has 0 aromatic heterocycles. The van der Waals surface area contributed by atoms with Gasteiger partial charge in [-0.2, -0.15) is 18.2 Å². The van der Waals surface area contributed by atoms with E-state index < -0.39 is 0 Å². The number of rotatable bonds is 2. The van der Waals surface area contributed by atoms with Crippen molar-refractivity contribution in [2.24, 2.45) is 0 Å². The molecular weight excluding hydrogens is 281 g/mol. The first kappa shape index (κ1) is 13.1. The topological polar surface area (TPSA) is 9.23 Å².